The van der Waals surface area contributed by atoms with Gasteiger partial charge in [-0.05, 0) is 28.8 Å². The van der Waals surface area contributed by atoms with E-state index in [2.05, 4.69) is 22.3 Å². The average Bonchev–Trinajstić information content (AvgIpc) is 2.91. The summed E-state index contributed by atoms with van der Waals surface area (Å²) in [7, 11) is 1.66. The van der Waals surface area contributed by atoms with Crippen molar-refractivity contribution >= 4 is 5.91 Å². The third-order valence-corrected chi connectivity index (χ3v) is 6.07. The van der Waals surface area contributed by atoms with Gasteiger partial charge < -0.3 is 19.5 Å². The number of ether oxygens (including phenoxy) is 3. The predicted molar refractivity (Wildman–Crippen MR) is 132 cm³/mol. The summed E-state index contributed by atoms with van der Waals surface area (Å²) in [5, 5.41) is 3.09. The van der Waals surface area contributed by atoms with Gasteiger partial charge in [-0.25, -0.2) is 0 Å². The summed E-state index contributed by atoms with van der Waals surface area (Å²) in [5.41, 5.74) is 3.17. The molecule has 0 aromatic heterocycles. The molecule has 1 unspecified atom stereocenters. The molecule has 1 saturated heterocycles. The number of rotatable bonds is 10. The van der Waals surface area contributed by atoms with Gasteiger partial charge in [0.15, 0.2) is 0 Å². The van der Waals surface area contributed by atoms with Crippen molar-refractivity contribution in [2.75, 3.05) is 46.6 Å². The fourth-order valence-electron chi connectivity index (χ4n) is 4.23. The van der Waals surface area contributed by atoms with Crippen LogP contribution in [-0.2, 0) is 14.3 Å². The van der Waals surface area contributed by atoms with Crippen molar-refractivity contribution in [2.45, 2.75) is 12.1 Å². The highest BCUT2D eigenvalue weighted by Gasteiger charge is 2.24. The molecule has 6 nitrogen and oxygen atoms in total. The number of amides is 1. The molecule has 0 spiro atoms. The van der Waals surface area contributed by atoms with Crippen molar-refractivity contribution in [1.82, 2.24) is 10.2 Å². The largest absolute Gasteiger partial charge is 0.497 e. The van der Waals surface area contributed by atoms with E-state index in [9.17, 15) is 4.79 Å². The fourth-order valence-corrected chi connectivity index (χ4v) is 4.23. The van der Waals surface area contributed by atoms with Crippen molar-refractivity contribution in [3.8, 4) is 5.75 Å². The standard InChI is InChI=1S/C28H32N2O4/c1-32-25-14-12-22(13-15-25)26(30-16-18-33-19-17-30)20-29-27(31)21-34-28(23-8-4-2-5-9-23)24-10-6-3-7-11-24/h2-15,26,28H,16-21H2,1H3,(H,29,31). The Bertz CT molecular complexity index is 966. The lowest BCUT2D eigenvalue weighted by atomic mass is 10.0. The van der Waals surface area contributed by atoms with Crippen LogP contribution in [0.25, 0.3) is 0 Å². The zero-order valence-electron chi connectivity index (χ0n) is 19.6. The predicted octanol–water partition coefficient (Wildman–Crippen LogP) is 3.99. The Kier molecular flexibility index (Phi) is 8.68. The number of hydrogen-bond donors (Lipinski definition) is 1. The maximum absolute atomic E-state index is 12.8. The molecule has 6 heteroatoms. The number of methoxy groups -OCH3 is 1. The highest BCUT2D eigenvalue weighted by Crippen LogP contribution is 2.26. The zero-order valence-corrected chi connectivity index (χ0v) is 19.6. The van der Waals surface area contributed by atoms with E-state index in [0.717, 1.165) is 35.5 Å². The van der Waals surface area contributed by atoms with Crippen molar-refractivity contribution in [1.29, 1.82) is 0 Å². The molecule has 3 aromatic rings. The Labute approximate surface area is 201 Å². The molecule has 4 rings (SSSR count). The molecule has 0 bridgehead atoms. The van der Waals surface area contributed by atoms with Gasteiger partial charge in [0.25, 0.3) is 0 Å². The minimum atomic E-state index is -0.301. The molecule has 1 N–H and O–H groups in total. The summed E-state index contributed by atoms with van der Waals surface area (Å²) in [6.45, 7) is 3.52. The maximum atomic E-state index is 12.8. The second-order valence-corrected chi connectivity index (χ2v) is 8.25. The molecular weight excluding hydrogens is 428 g/mol. The first-order chi connectivity index (χ1) is 16.7. The summed E-state index contributed by atoms with van der Waals surface area (Å²) in [6.07, 6.45) is -0.301. The second-order valence-electron chi connectivity index (χ2n) is 8.25. The van der Waals surface area contributed by atoms with Gasteiger partial charge in [0.1, 0.15) is 18.5 Å². The van der Waals surface area contributed by atoms with Crippen LogP contribution in [0.15, 0.2) is 84.9 Å². The summed E-state index contributed by atoms with van der Waals surface area (Å²) in [5.74, 6) is 0.679. The van der Waals surface area contributed by atoms with Crippen LogP contribution in [0, 0.1) is 0 Å². The smallest absolute Gasteiger partial charge is 0.246 e. The van der Waals surface area contributed by atoms with Gasteiger partial charge in [-0.15, -0.1) is 0 Å². The first-order valence-electron chi connectivity index (χ1n) is 11.7. The first kappa shape index (κ1) is 24.0. The number of carbonyl (C=O) groups excluding carboxylic acids is 1. The molecule has 178 valence electrons. The average molecular weight is 461 g/mol. The minimum absolute atomic E-state index is 0.0209. The molecule has 0 radical (unpaired) electrons. The van der Waals surface area contributed by atoms with Crippen molar-refractivity contribution in [3.05, 3.63) is 102 Å². The Balaban J connectivity index is 1.40. The third-order valence-electron chi connectivity index (χ3n) is 6.07. The van der Waals surface area contributed by atoms with E-state index in [1.54, 1.807) is 7.11 Å². The monoisotopic (exact) mass is 460 g/mol. The maximum Gasteiger partial charge on any atom is 0.246 e. The molecular formula is C28H32N2O4. The van der Waals surface area contributed by atoms with Gasteiger partial charge >= 0.3 is 0 Å². The molecule has 1 aliphatic heterocycles. The van der Waals surface area contributed by atoms with E-state index in [0.29, 0.717) is 19.8 Å². The van der Waals surface area contributed by atoms with Gasteiger partial charge in [-0.2, -0.15) is 0 Å². The Morgan fingerprint density at radius 1 is 0.882 bits per heavy atom. The van der Waals surface area contributed by atoms with Gasteiger partial charge in [0.05, 0.1) is 26.4 Å². The number of hydrogen-bond acceptors (Lipinski definition) is 5. The van der Waals surface area contributed by atoms with Crippen LogP contribution < -0.4 is 10.1 Å². The van der Waals surface area contributed by atoms with Gasteiger partial charge in [-0.1, -0.05) is 72.8 Å². The lowest BCUT2D eigenvalue weighted by molar-refractivity contribution is -0.127. The highest BCUT2D eigenvalue weighted by atomic mass is 16.5. The number of nitrogens with zero attached hydrogens (tertiary/aromatic N) is 1. The van der Waals surface area contributed by atoms with E-state index in [1.165, 1.54) is 0 Å². The number of carbonyl (C=O) groups is 1. The molecule has 3 aromatic carbocycles. The Hall–Kier alpha value is -3.19. The van der Waals surface area contributed by atoms with Crippen LogP contribution in [0.5, 0.6) is 5.75 Å². The van der Waals surface area contributed by atoms with Crippen molar-refractivity contribution in [2.24, 2.45) is 0 Å². The normalized spacial score (nSPS) is 15.1. The number of morpholine rings is 1. The Morgan fingerprint density at radius 2 is 1.47 bits per heavy atom. The first-order valence-corrected chi connectivity index (χ1v) is 11.7. The van der Waals surface area contributed by atoms with Crippen LogP contribution >= 0.6 is 0 Å². The summed E-state index contributed by atoms with van der Waals surface area (Å²) in [6, 6.07) is 28.0. The second kappa shape index (κ2) is 12.3. The quantitative estimate of drug-likeness (QED) is 0.496. The van der Waals surface area contributed by atoms with Crippen LogP contribution in [-0.4, -0.2) is 57.4 Å². The molecule has 1 amide bonds. The highest BCUT2D eigenvalue weighted by molar-refractivity contribution is 5.77. The molecule has 1 aliphatic rings. The fraction of sp³-hybridized carbons (Fsp3) is 0.321. The van der Waals surface area contributed by atoms with E-state index in [-0.39, 0.29) is 24.7 Å². The van der Waals surface area contributed by atoms with E-state index in [4.69, 9.17) is 14.2 Å². The van der Waals surface area contributed by atoms with Crippen molar-refractivity contribution < 1.29 is 19.0 Å². The van der Waals surface area contributed by atoms with E-state index >= 15 is 0 Å². The molecule has 34 heavy (non-hydrogen) atoms. The van der Waals surface area contributed by atoms with Gasteiger partial charge in [0.2, 0.25) is 5.91 Å². The van der Waals surface area contributed by atoms with Gasteiger partial charge in [-0.3, -0.25) is 9.69 Å². The number of nitrogens with one attached hydrogen (secondary N) is 1. The Morgan fingerprint density at radius 3 is 2.03 bits per heavy atom. The summed E-state index contributed by atoms with van der Waals surface area (Å²) < 4.78 is 17.0. The zero-order chi connectivity index (χ0) is 23.6. The summed E-state index contributed by atoms with van der Waals surface area (Å²) in [4.78, 5) is 15.2. The molecule has 1 atom stereocenters. The van der Waals surface area contributed by atoms with E-state index in [1.807, 2.05) is 72.8 Å². The molecule has 0 saturated carbocycles. The van der Waals surface area contributed by atoms with E-state index < -0.39 is 0 Å². The topological polar surface area (TPSA) is 60.0 Å². The van der Waals surface area contributed by atoms with Crippen LogP contribution in [0.3, 0.4) is 0 Å². The SMILES string of the molecule is COc1ccc(C(CNC(=O)COC(c2ccccc2)c2ccccc2)N2CCOCC2)cc1. The third kappa shape index (κ3) is 6.44. The minimum Gasteiger partial charge on any atom is -0.497 e. The van der Waals surface area contributed by atoms with Crippen molar-refractivity contribution in [3.63, 3.8) is 0 Å². The molecule has 0 aliphatic carbocycles. The van der Waals surface area contributed by atoms with Crippen LogP contribution in [0.4, 0.5) is 0 Å². The van der Waals surface area contributed by atoms with Gasteiger partial charge in [0, 0.05) is 19.6 Å². The van der Waals surface area contributed by atoms with Crippen LogP contribution in [0.2, 0.25) is 0 Å². The number of benzene rings is 3. The molecule has 1 fully saturated rings. The van der Waals surface area contributed by atoms with Crippen LogP contribution in [0.1, 0.15) is 28.8 Å². The summed E-state index contributed by atoms with van der Waals surface area (Å²) >= 11 is 0. The lowest BCUT2D eigenvalue weighted by Gasteiger charge is -2.35. The lowest BCUT2D eigenvalue weighted by Crippen LogP contribution is -2.44. The molecule has 1 heterocycles.